The molecule has 3 N–H and O–H groups in total. The van der Waals surface area contributed by atoms with Crippen LogP contribution in [-0.4, -0.2) is 36.9 Å². The Balaban J connectivity index is 1.73. The number of benzene rings is 1. The molecule has 3 rings (SSSR count). The topological polar surface area (TPSA) is 84.9 Å². The smallest absolute Gasteiger partial charge is 0.292 e. The van der Waals surface area contributed by atoms with Crippen molar-refractivity contribution < 1.29 is 19.3 Å². The first kappa shape index (κ1) is 16.0. The second kappa shape index (κ2) is 6.29. The number of anilines is 1. The molecule has 2 fully saturated rings. The van der Waals surface area contributed by atoms with Crippen molar-refractivity contribution in [2.75, 3.05) is 18.0 Å². The molecule has 23 heavy (non-hydrogen) atoms. The highest BCUT2D eigenvalue weighted by atomic mass is 35.5. The van der Waals surface area contributed by atoms with Crippen molar-refractivity contribution in [3.8, 4) is 0 Å². The second-order valence-corrected chi connectivity index (χ2v) is 6.58. The number of hydrogen-bond donors (Lipinski definition) is 2. The van der Waals surface area contributed by atoms with Gasteiger partial charge in [0.1, 0.15) is 0 Å². The molecular formula is C16H19ClN3O3+. The molecule has 2 aliphatic rings. The lowest BCUT2D eigenvalue weighted by atomic mass is 9.95. The number of nitrogens with zero attached hydrogens (tertiary/aromatic N) is 1. The van der Waals surface area contributed by atoms with Gasteiger partial charge in [-0.25, -0.2) is 4.90 Å². The average molecular weight is 337 g/mol. The summed E-state index contributed by atoms with van der Waals surface area (Å²) in [6.07, 6.45) is 1.53. The van der Waals surface area contributed by atoms with Crippen LogP contribution in [-0.2, 0) is 14.4 Å². The quantitative estimate of drug-likeness (QED) is 0.747. The zero-order valence-electron chi connectivity index (χ0n) is 12.6. The van der Waals surface area contributed by atoms with Crippen LogP contribution in [0.2, 0.25) is 5.02 Å². The number of quaternary nitrogens is 1. The van der Waals surface area contributed by atoms with Crippen molar-refractivity contribution in [1.82, 2.24) is 0 Å². The summed E-state index contributed by atoms with van der Waals surface area (Å²) in [6.45, 7) is 1.36. The third kappa shape index (κ3) is 3.09. The van der Waals surface area contributed by atoms with Crippen LogP contribution in [0.1, 0.15) is 19.3 Å². The summed E-state index contributed by atoms with van der Waals surface area (Å²) in [4.78, 5) is 38.5. The summed E-state index contributed by atoms with van der Waals surface area (Å²) in [5.74, 6) is -0.787. The van der Waals surface area contributed by atoms with Crippen molar-refractivity contribution >= 4 is 35.0 Å². The van der Waals surface area contributed by atoms with E-state index >= 15 is 0 Å². The van der Waals surface area contributed by atoms with Gasteiger partial charge in [0.15, 0.2) is 6.04 Å². The number of rotatable bonds is 3. The maximum absolute atomic E-state index is 12.7. The Morgan fingerprint density at radius 3 is 2.57 bits per heavy atom. The zero-order valence-corrected chi connectivity index (χ0v) is 13.4. The summed E-state index contributed by atoms with van der Waals surface area (Å²) in [7, 11) is 0. The van der Waals surface area contributed by atoms with E-state index in [4.69, 9.17) is 17.3 Å². The van der Waals surface area contributed by atoms with Crippen LogP contribution >= 0.6 is 11.6 Å². The molecule has 0 bridgehead atoms. The van der Waals surface area contributed by atoms with Crippen LogP contribution in [0.3, 0.4) is 0 Å². The number of carbonyl (C=O) groups excluding carboxylic acids is 3. The molecule has 0 saturated carbocycles. The molecular weight excluding hydrogens is 318 g/mol. The largest absolute Gasteiger partial charge is 0.369 e. The Bertz CT molecular complexity index is 656. The van der Waals surface area contributed by atoms with Gasteiger partial charge in [0.2, 0.25) is 11.8 Å². The fourth-order valence-electron chi connectivity index (χ4n) is 3.46. The fourth-order valence-corrected chi connectivity index (χ4v) is 3.64. The number of amides is 3. The first-order chi connectivity index (χ1) is 11.0. The molecule has 2 aliphatic heterocycles. The highest BCUT2D eigenvalue weighted by Crippen LogP contribution is 2.25. The van der Waals surface area contributed by atoms with Crippen LogP contribution in [0, 0.1) is 5.92 Å². The molecule has 0 spiro atoms. The highest BCUT2D eigenvalue weighted by Gasteiger charge is 2.46. The predicted octanol–water partition coefficient (Wildman–Crippen LogP) is -0.248. The minimum atomic E-state index is -0.379. The summed E-state index contributed by atoms with van der Waals surface area (Å²) in [5, 5.41) is 0.487. The number of nitrogens with one attached hydrogen (secondary N) is 1. The molecule has 1 aromatic carbocycles. The third-order valence-corrected chi connectivity index (χ3v) is 4.97. The van der Waals surface area contributed by atoms with E-state index in [-0.39, 0.29) is 36.1 Å². The monoisotopic (exact) mass is 336 g/mol. The van der Waals surface area contributed by atoms with Gasteiger partial charge in [0.05, 0.1) is 25.2 Å². The number of hydrogen-bond acceptors (Lipinski definition) is 3. The van der Waals surface area contributed by atoms with Gasteiger partial charge in [-0.15, -0.1) is 0 Å². The standard InChI is InChI=1S/C16H18ClN3O3/c17-11-2-1-3-12(8-11)20-14(21)9-13(16(20)23)19-6-4-10(5-7-19)15(18)22/h1-3,8,10,13H,4-7,9H2,(H2,18,22)/p+1/t13-/m0/s1. The van der Waals surface area contributed by atoms with Crippen molar-refractivity contribution in [3.05, 3.63) is 29.3 Å². The lowest BCUT2D eigenvalue weighted by Crippen LogP contribution is -3.17. The van der Waals surface area contributed by atoms with Crippen molar-refractivity contribution in [3.63, 3.8) is 0 Å². The number of imide groups is 1. The second-order valence-electron chi connectivity index (χ2n) is 6.14. The van der Waals surface area contributed by atoms with Crippen molar-refractivity contribution in [1.29, 1.82) is 0 Å². The number of halogens is 1. The van der Waals surface area contributed by atoms with E-state index in [2.05, 4.69) is 0 Å². The lowest BCUT2D eigenvalue weighted by Gasteiger charge is -2.30. The Labute approximate surface area is 139 Å². The van der Waals surface area contributed by atoms with Gasteiger partial charge >= 0.3 is 0 Å². The lowest BCUT2D eigenvalue weighted by molar-refractivity contribution is -0.920. The molecule has 0 radical (unpaired) electrons. The van der Waals surface area contributed by atoms with E-state index in [1.165, 1.54) is 4.90 Å². The van der Waals surface area contributed by atoms with Crippen LogP contribution in [0.15, 0.2) is 24.3 Å². The first-order valence-electron chi connectivity index (χ1n) is 7.73. The molecule has 0 unspecified atom stereocenters. The van der Waals surface area contributed by atoms with E-state index in [0.29, 0.717) is 36.6 Å². The molecule has 2 heterocycles. The first-order valence-corrected chi connectivity index (χ1v) is 8.11. The molecule has 0 aliphatic carbocycles. The SMILES string of the molecule is NC(=O)C1CC[NH+]([C@H]2CC(=O)N(c3cccc(Cl)c3)C2=O)CC1. The number of likely N-dealkylation sites (tertiary alicyclic amines) is 1. The van der Waals surface area contributed by atoms with Gasteiger partial charge < -0.3 is 10.6 Å². The Morgan fingerprint density at radius 2 is 1.96 bits per heavy atom. The molecule has 3 amide bonds. The van der Waals surface area contributed by atoms with E-state index in [1.54, 1.807) is 24.3 Å². The summed E-state index contributed by atoms with van der Waals surface area (Å²) >= 11 is 5.95. The minimum Gasteiger partial charge on any atom is -0.369 e. The molecule has 2 saturated heterocycles. The Morgan fingerprint density at radius 1 is 1.26 bits per heavy atom. The minimum absolute atomic E-state index is 0.116. The van der Waals surface area contributed by atoms with Crippen molar-refractivity contribution in [2.45, 2.75) is 25.3 Å². The van der Waals surface area contributed by atoms with Crippen molar-refractivity contribution in [2.24, 2.45) is 11.7 Å². The van der Waals surface area contributed by atoms with E-state index in [1.807, 2.05) is 0 Å². The fraction of sp³-hybridized carbons (Fsp3) is 0.438. The molecule has 7 heteroatoms. The summed E-state index contributed by atoms with van der Waals surface area (Å²) in [5.41, 5.74) is 5.85. The molecule has 1 atom stereocenters. The Kier molecular flexibility index (Phi) is 4.37. The Hall–Kier alpha value is -1.92. The number of primary amides is 1. The van der Waals surface area contributed by atoms with Crippen LogP contribution in [0.5, 0.6) is 0 Å². The van der Waals surface area contributed by atoms with E-state index in [9.17, 15) is 14.4 Å². The van der Waals surface area contributed by atoms with Gasteiger partial charge in [0, 0.05) is 23.8 Å². The van der Waals surface area contributed by atoms with E-state index in [0.717, 1.165) is 4.90 Å². The van der Waals surface area contributed by atoms with Gasteiger partial charge in [-0.3, -0.25) is 14.4 Å². The maximum atomic E-state index is 12.7. The average Bonchev–Trinajstić information content (AvgIpc) is 2.82. The van der Waals surface area contributed by atoms with E-state index < -0.39 is 0 Å². The van der Waals surface area contributed by atoms with Gasteiger partial charge in [-0.05, 0) is 18.2 Å². The van der Waals surface area contributed by atoms with Gasteiger partial charge in [0.25, 0.3) is 5.91 Å². The van der Waals surface area contributed by atoms with Gasteiger partial charge in [-0.1, -0.05) is 17.7 Å². The number of piperidine rings is 1. The molecule has 6 nitrogen and oxygen atoms in total. The highest BCUT2D eigenvalue weighted by molar-refractivity contribution is 6.31. The van der Waals surface area contributed by atoms with Crippen LogP contribution < -0.4 is 15.5 Å². The molecule has 122 valence electrons. The number of carbonyl (C=O) groups is 3. The molecule has 1 aromatic rings. The zero-order chi connectivity index (χ0) is 16.6. The van der Waals surface area contributed by atoms with Crippen LogP contribution in [0.25, 0.3) is 0 Å². The van der Waals surface area contributed by atoms with Gasteiger partial charge in [-0.2, -0.15) is 0 Å². The maximum Gasteiger partial charge on any atom is 0.292 e. The van der Waals surface area contributed by atoms with Crippen LogP contribution in [0.4, 0.5) is 5.69 Å². The number of nitrogens with two attached hydrogens (primary N) is 1. The third-order valence-electron chi connectivity index (χ3n) is 4.74. The predicted molar refractivity (Wildman–Crippen MR) is 85.0 cm³/mol. The normalized spacial score (nSPS) is 28.2. The summed E-state index contributed by atoms with van der Waals surface area (Å²) < 4.78 is 0. The molecule has 0 aromatic heterocycles. The summed E-state index contributed by atoms with van der Waals surface area (Å²) in [6, 6.07) is 6.37.